The Morgan fingerprint density at radius 3 is 2.62 bits per heavy atom. The van der Waals surface area contributed by atoms with Gasteiger partial charge in [-0.2, -0.15) is 0 Å². The number of nitrogens with zero attached hydrogens (tertiary/aromatic N) is 4. The van der Waals surface area contributed by atoms with Crippen LogP contribution in [0.2, 0.25) is 5.02 Å². The lowest BCUT2D eigenvalue weighted by Gasteiger charge is -2.32. The second-order valence-electron chi connectivity index (χ2n) is 5.00. The summed E-state index contributed by atoms with van der Waals surface area (Å²) < 4.78 is 24.4. The number of sulfonamides is 1. The zero-order valence-corrected chi connectivity index (χ0v) is 15.1. The van der Waals surface area contributed by atoms with Crippen molar-refractivity contribution in [1.82, 2.24) is 4.31 Å². The van der Waals surface area contributed by atoms with E-state index < -0.39 is 37.7 Å². The first-order valence-electron chi connectivity index (χ1n) is 6.65. The molecule has 1 unspecified atom stereocenters. The molecule has 1 aliphatic heterocycles. The second kappa shape index (κ2) is 7.77. The number of nitro groups is 1. The maximum absolute atomic E-state index is 11.6. The van der Waals surface area contributed by atoms with Gasteiger partial charge < -0.3 is 9.94 Å². The summed E-state index contributed by atoms with van der Waals surface area (Å²) in [7, 11) is -4.16. The lowest BCUT2D eigenvalue weighted by molar-refractivity contribution is -0.759. The van der Waals surface area contributed by atoms with Crippen LogP contribution in [-0.4, -0.2) is 53.9 Å². The van der Waals surface area contributed by atoms with E-state index in [9.17, 15) is 33.8 Å². The summed E-state index contributed by atoms with van der Waals surface area (Å²) in [6.07, 6.45) is -1.31. The SMILES string of the molecule is NS(=O)(=O)c1cc2c(cc1Cl)N([N+](=O)[O-])CN(CC(O)CO[N+](=O)[O-])S2. The van der Waals surface area contributed by atoms with Gasteiger partial charge in [0, 0.05) is 6.54 Å². The van der Waals surface area contributed by atoms with Gasteiger partial charge in [0.15, 0.2) is 5.03 Å². The van der Waals surface area contributed by atoms with Crippen molar-refractivity contribution in [2.45, 2.75) is 15.9 Å². The van der Waals surface area contributed by atoms with Crippen molar-refractivity contribution in [3.05, 3.63) is 37.4 Å². The molecule has 0 aliphatic carbocycles. The van der Waals surface area contributed by atoms with Gasteiger partial charge in [0.05, 0.1) is 16.0 Å². The molecular formula is C10H12ClN5O8S2. The molecule has 1 aliphatic rings. The predicted molar refractivity (Wildman–Crippen MR) is 88.7 cm³/mol. The first kappa shape index (κ1) is 20.4. The van der Waals surface area contributed by atoms with Crippen molar-refractivity contribution in [2.24, 2.45) is 5.14 Å². The van der Waals surface area contributed by atoms with Crippen molar-refractivity contribution in [3.63, 3.8) is 0 Å². The van der Waals surface area contributed by atoms with Gasteiger partial charge in [0.25, 0.3) is 5.09 Å². The van der Waals surface area contributed by atoms with E-state index in [0.717, 1.165) is 24.1 Å². The molecule has 26 heavy (non-hydrogen) atoms. The molecule has 2 rings (SSSR count). The van der Waals surface area contributed by atoms with Gasteiger partial charge in [0.1, 0.15) is 23.9 Å². The summed E-state index contributed by atoms with van der Waals surface area (Å²) in [5, 5.41) is 34.8. The Morgan fingerprint density at radius 1 is 1.42 bits per heavy atom. The van der Waals surface area contributed by atoms with Crippen LogP contribution in [0, 0.1) is 20.2 Å². The van der Waals surface area contributed by atoms with Crippen LogP contribution < -0.4 is 10.1 Å². The number of hydrogen-bond acceptors (Lipinski definition) is 10. The van der Waals surface area contributed by atoms with E-state index in [1.165, 1.54) is 4.31 Å². The minimum Gasteiger partial charge on any atom is -0.390 e. The average molecular weight is 430 g/mol. The number of aliphatic hydroxyl groups excluding tert-OH is 1. The number of benzene rings is 1. The summed E-state index contributed by atoms with van der Waals surface area (Å²) in [5.74, 6) is 0. The number of aliphatic hydroxyl groups is 1. The Labute approximate surface area is 155 Å². The lowest BCUT2D eigenvalue weighted by Crippen LogP contribution is -2.44. The molecule has 0 fully saturated rings. The van der Waals surface area contributed by atoms with Crippen LogP contribution in [0.3, 0.4) is 0 Å². The van der Waals surface area contributed by atoms with Crippen LogP contribution in [0.25, 0.3) is 0 Å². The average Bonchev–Trinajstić information content (AvgIpc) is 2.50. The quantitative estimate of drug-likeness (QED) is 0.333. The predicted octanol–water partition coefficient (Wildman–Crippen LogP) is -0.165. The third kappa shape index (κ3) is 4.83. The van der Waals surface area contributed by atoms with Crippen LogP contribution in [0.1, 0.15) is 0 Å². The molecule has 0 radical (unpaired) electrons. The lowest BCUT2D eigenvalue weighted by atomic mass is 10.3. The number of nitrogens with two attached hydrogens (primary N) is 1. The topological polar surface area (TPSA) is 182 Å². The Balaban J connectivity index is 2.30. The fourth-order valence-electron chi connectivity index (χ4n) is 2.08. The summed E-state index contributed by atoms with van der Waals surface area (Å²) in [4.78, 5) is 25.2. The molecule has 0 saturated carbocycles. The van der Waals surface area contributed by atoms with E-state index in [1.54, 1.807) is 0 Å². The van der Waals surface area contributed by atoms with E-state index in [0.29, 0.717) is 5.01 Å². The van der Waals surface area contributed by atoms with Crippen molar-refractivity contribution in [2.75, 3.05) is 24.8 Å². The number of hydrazine groups is 1. The number of anilines is 1. The summed E-state index contributed by atoms with van der Waals surface area (Å²) in [6.45, 7) is -1.15. The maximum Gasteiger partial charge on any atom is 0.294 e. The molecule has 0 aromatic heterocycles. The van der Waals surface area contributed by atoms with Crippen LogP contribution in [0.5, 0.6) is 0 Å². The molecule has 0 saturated heterocycles. The fraction of sp³-hybridized carbons (Fsp3) is 0.400. The van der Waals surface area contributed by atoms with Gasteiger partial charge in [0.2, 0.25) is 10.0 Å². The third-order valence-corrected chi connectivity index (χ3v) is 5.52. The zero-order chi connectivity index (χ0) is 19.6. The monoisotopic (exact) mass is 429 g/mol. The minimum atomic E-state index is -4.16. The highest BCUT2D eigenvalue weighted by Crippen LogP contribution is 2.41. The molecule has 1 aromatic rings. The summed E-state index contributed by atoms with van der Waals surface area (Å²) in [6, 6.07) is 2.19. The number of hydrogen-bond donors (Lipinski definition) is 2. The Hall–Kier alpha value is -1.91. The molecule has 0 amide bonds. The number of halogens is 1. The molecule has 144 valence electrons. The van der Waals surface area contributed by atoms with Crippen molar-refractivity contribution >= 4 is 39.3 Å². The maximum atomic E-state index is 11.6. The molecule has 13 nitrogen and oxygen atoms in total. The van der Waals surface area contributed by atoms with Crippen molar-refractivity contribution < 1.29 is 28.5 Å². The first-order chi connectivity index (χ1) is 12.0. The molecule has 1 atom stereocenters. The van der Waals surface area contributed by atoms with Crippen LogP contribution >= 0.6 is 23.5 Å². The largest absolute Gasteiger partial charge is 0.390 e. The van der Waals surface area contributed by atoms with Crippen LogP contribution in [0.15, 0.2) is 21.9 Å². The van der Waals surface area contributed by atoms with Crippen molar-refractivity contribution in [3.8, 4) is 0 Å². The van der Waals surface area contributed by atoms with E-state index >= 15 is 0 Å². The molecule has 0 spiro atoms. The summed E-state index contributed by atoms with van der Waals surface area (Å²) in [5.41, 5.74) is 0.0460. The zero-order valence-electron chi connectivity index (χ0n) is 12.7. The standard InChI is InChI=1S/C10H12ClN5O8S2/c11-7-1-8-9(2-10(7)26(12,22)23)25-13(5-14(8)15(18)19)3-6(17)4-24-16(20)21/h1-2,6,17H,3-5H2,(H2,12,22,23). The molecule has 1 aromatic carbocycles. The van der Waals surface area contributed by atoms with Crippen LogP contribution in [-0.2, 0) is 14.9 Å². The Kier molecular flexibility index (Phi) is 6.09. The Bertz CT molecular complexity index is 837. The second-order valence-corrected chi connectivity index (χ2v) is 8.08. The highest BCUT2D eigenvalue weighted by atomic mass is 35.5. The minimum absolute atomic E-state index is 0.0460. The molecule has 16 heteroatoms. The normalized spacial score (nSPS) is 16.0. The van der Waals surface area contributed by atoms with E-state index in [2.05, 4.69) is 4.84 Å². The number of fused-ring (bicyclic) bond motifs is 1. The highest BCUT2D eigenvalue weighted by Gasteiger charge is 2.33. The first-order valence-corrected chi connectivity index (χ1v) is 9.35. The highest BCUT2D eigenvalue weighted by molar-refractivity contribution is 7.97. The molecular weight excluding hydrogens is 418 g/mol. The van der Waals surface area contributed by atoms with Gasteiger partial charge in [-0.15, -0.1) is 10.1 Å². The van der Waals surface area contributed by atoms with Crippen molar-refractivity contribution in [1.29, 1.82) is 0 Å². The number of β-amino-alcohol motifs (C(OH)–C–C–N with tert-alkyl or cyclic N) is 1. The van der Waals surface area contributed by atoms with E-state index in [-0.39, 0.29) is 28.8 Å². The van der Waals surface area contributed by atoms with Gasteiger partial charge >= 0.3 is 0 Å². The summed E-state index contributed by atoms with van der Waals surface area (Å²) >= 11 is 6.76. The number of primary sulfonamides is 1. The fourth-order valence-corrected chi connectivity index (χ4v) is 4.37. The van der Waals surface area contributed by atoms with Crippen LogP contribution in [0.4, 0.5) is 5.69 Å². The number of rotatable bonds is 7. The van der Waals surface area contributed by atoms with E-state index in [1.807, 2.05) is 0 Å². The third-order valence-electron chi connectivity index (χ3n) is 3.10. The van der Waals surface area contributed by atoms with Gasteiger partial charge in [-0.1, -0.05) is 16.6 Å². The van der Waals surface area contributed by atoms with Gasteiger partial charge in [-0.3, -0.25) is 0 Å². The molecule has 3 N–H and O–H groups in total. The van der Waals surface area contributed by atoms with Gasteiger partial charge in [-0.05, 0) is 24.1 Å². The van der Waals surface area contributed by atoms with E-state index in [4.69, 9.17) is 16.7 Å². The molecule has 0 bridgehead atoms. The van der Waals surface area contributed by atoms with Gasteiger partial charge in [-0.25, -0.2) is 28.0 Å². The smallest absolute Gasteiger partial charge is 0.294 e. The molecule has 1 heterocycles. The Morgan fingerprint density at radius 2 is 2.08 bits per heavy atom.